The van der Waals surface area contributed by atoms with E-state index in [1.807, 2.05) is 0 Å². The number of rotatable bonds is 6. The Labute approximate surface area is 276 Å². The Morgan fingerprint density at radius 2 is 1.07 bits per heavy atom. The van der Waals surface area contributed by atoms with Crippen molar-refractivity contribution in [2.24, 2.45) is 0 Å². The van der Waals surface area contributed by atoms with Crippen molar-refractivity contribution in [2.75, 3.05) is 4.90 Å². The fraction of sp³-hybridized carbons (Fsp3) is 0.333. The lowest BCUT2D eigenvalue weighted by atomic mass is 9.65. The molecule has 2 saturated carbocycles. The Morgan fingerprint density at radius 3 is 1.78 bits per heavy atom. The van der Waals surface area contributed by atoms with Crippen LogP contribution in [0.25, 0.3) is 11.1 Å². The largest absolute Gasteiger partial charge is 0.310 e. The summed E-state index contributed by atoms with van der Waals surface area (Å²) in [6.07, 6.45) is 13.2. The summed E-state index contributed by atoms with van der Waals surface area (Å²) in [5.74, 6) is 0.708. The zero-order valence-electron chi connectivity index (χ0n) is 27.6. The quantitative estimate of drug-likeness (QED) is 0.187. The van der Waals surface area contributed by atoms with Gasteiger partial charge in [-0.1, -0.05) is 137 Å². The van der Waals surface area contributed by atoms with Crippen molar-refractivity contribution in [3.63, 3.8) is 0 Å². The van der Waals surface area contributed by atoms with Crippen LogP contribution in [0.1, 0.15) is 112 Å². The molecule has 0 amide bonds. The molecule has 0 spiro atoms. The molecule has 8 rings (SSSR count). The number of fused-ring (bicyclic) bond motifs is 3. The SMILES string of the molecule is CC1(C)c2ccccc2-c2ccc(N(c3ccc(C4CCCCC4)cc3)c3ccc(C4(c5ccccc5)CCCCC4)cc3)cc21. The Hall–Kier alpha value is -4.10. The average molecular weight is 602 g/mol. The molecule has 1 nitrogen and oxygen atoms in total. The molecule has 232 valence electrons. The molecular weight excluding hydrogens is 555 g/mol. The first-order valence-corrected chi connectivity index (χ1v) is 17.9. The van der Waals surface area contributed by atoms with Crippen LogP contribution in [0.5, 0.6) is 0 Å². The molecule has 0 saturated heterocycles. The van der Waals surface area contributed by atoms with Gasteiger partial charge in [0.1, 0.15) is 0 Å². The molecule has 46 heavy (non-hydrogen) atoms. The Balaban J connectivity index is 1.21. The van der Waals surface area contributed by atoms with Crippen molar-refractivity contribution < 1.29 is 0 Å². The highest BCUT2D eigenvalue weighted by Gasteiger charge is 2.37. The summed E-state index contributed by atoms with van der Waals surface area (Å²) in [5.41, 5.74) is 13.8. The van der Waals surface area contributed by atoms with Crippen molar-refractivity contribution in [3.8, 4) is 11.1 Å². The lowest BCUT2D eigenvalue weighted by Crippen LogP contribution is -2.30. The topological polar surface area (TPSA) is 3.24 Å². The summed E-state index contributed by atoms with van der Waals surface area (Å²) < 4.78 is 0. The van der Waals surface area contributed by atoms with Crippen LogP contribution in [0.2, 0.25) is 0 Å². The predicted molar refractivity (Wildman–Crippen MR) is 195 cm³/mol. The zero-order valence-corrected chi connectivity index (χ0v) is 27.6. The third kappa shape index (κ3) is 5.00. The average Bonchev–Trinajstić information content (AvgIpc) is 3.36. The van der Waals surface area contributed by atoms with Gasteiger partial charge in [0.05, 0.1) is 0 Å². The van der Waals surface area contributed by atoms with Crippen molar-refractivity contribution in [1.82, 2.24) is 0 Å². The van der Waals surface area contributed by atoms with Crippen LogP contribution in [0.4, 0.5) is 17.1 Å². The summed E-state index contributed by atoms with van der Waals surface area (Å²) in [6.45, 7) is 4.76. The lowest BCUT2D eigenvalue weighted by Gasteiger charge is -2.39. The van der Waals surface area contributed by atoms with Gasteiger partial charge in [0, 0.05) is 27.9 Å². The van der Waals surface area contributed by atoms with Gasteiger partial charge in [0.15, 0.2) is 0 Å². The highest BCUT2D eigenvalue weighted by Crippen LogP contribution is 2.51. The minimum absolute atomic E-state index is 0.0364. The van der Waals surface area contributed by atoms with Gasteiger partial charge in [-0.05, 0) is 107 Å². The molecule has 0 bridgehead atoms. The van der Waals surface area contributed by atoms with Crippen molar-refractivity contribution in [1.29, 1.82) is 0 Å². The smallest absolute Gasteiger partial charge is 0.0465 e. The third-order valence-electron chi connectivity index (χ3n) is 11.8. The molecule has 0 aliphatic heterocycles. The molecule has 2 fully saturated rings. The van der Waals surface area contributed by atoms with Crippen LogP contribution >= 0.6 is 0 Å². The number of hydrogen-bond donors (Lipinski definition) is 0. The number of nitrogens with zero attached hydrogens (tertiary/aromatic N) is 1. The summed E-state index contributed by atoms with van der Waals surface area (Å²) >= 11 is 0. The molecule has 3 aliphatic carbocycles. The lowest BCUT2D eigenvalue weighted by molar-refractivity contribution is 0.346. The number of hydrogen-bond acceptors (Lipinski definition) is 1. The predicted octanol–water partition coefficient (Wildman–Crippen LogP) is 12.8. The van der Waals surface area contributed by atoms with Crippen LogP contribution in [0.15, 0.2) is 121 Å². The van der Waals surface area contributed by atoms with Crippen LogP contribution in [0.3, 0.4) is 0 Å². The molecule has 0 N–H and O–H groups in total. The van der Waals surface area contributed by atoms with Crippen molar-refractivity contribution >= 4 is 17.1 Å². The van der Waals surface area contributed by atoms with Crippen molar-refractivity contribution in [2.45, 2.75) is 94.8 Å². The van der Waals surface area contributed by atoms with Gasteiger partial charge in [0.2, 0.25) is 0 Å². The molecule has 0 radical (unpaired) electrons. The fourth-order valence-corrected chi connectivity index (χ4v) is 9.20. The minimum Gasteiger partial charge on any atom is -0.310 e. The van der Waals surface area contributed by atoms with Gasteiger partial charge in [-0.15, -0.1) is 0 Å². The first kappa shape index (κ1) is 29.3. The van der Waals surface area contributed by atoms with Crippen LogP contribution in [-0.2, 0) is 10.8 Å². The van der Waals surface area contributed by atoms with Crippen LogP contribution in [0, 0.1) is 0 Å². The molecule has 0 heterocycles. The highest BCUT2D eigenvalue weighted by atomic mass is 15.1. The molecular formula is C45H47N. The van der Waals surface area contributed by atoms with Gasteiger partial charge >= 0.3 is 0 Å². The molecule has 0 unspecified atom stereocenters. The summed E-state index contributed by atoms with van der Waals surface area (Å²) in [5, 5.41) is 0. The van der Waals surface area contributed by atoms with E-state index >= 15 is 0 Å². The Bertz CT molecular complexity index is 1800. The first-order chi connectivity index (χ1) is 22.5. The number of anilines is 3. The molecule has 3 aliphatic rings. The van der Waals surface area contributed by atoms with E-state index in [2.05, 4.69) is 140 Å². The van der Waals surface area contributed by atoms with E-state index < -0.39 is 0 Å². The second-order valence-electron chi connectivity index (χ2n) is 14.7. The van der Waals surface area contributed by atoms with Gasteiger partial charge < -0.3 is 4.90 Å². The van der Waals surface area contributed by atoms with Crippen LogP contribution in [-0.4, -0.2) is 0 Å². The highest BCUT2D eigenvalue weighted by molar-refractivity contribution is 5.85. The summed E-state index contributed by atoms with van der Waals surface area (Å²) in [6, 6.07) is 46.6. The van der Waals surface area contributed by atoms with Gasteiger partial charge in [-0.2, -0.15) is 0 Å². The normalized spacial score (nSPS) is 18.5. The Morgan fingerprint density at radius 1 is 0.500 bits per heavy atom. The first-order valence-electron chi connectivity index (χ1n) is 17.9. The Kier molecular flexibility index (Phi) is 7.60. The number of benzene rings is 5. The molecule has 5 aromatic carbocycles. The van der Waals surface area contributed by atoms with Gasteiger partial charge in [-0.25, -0.2) is 0 Å². The molecule has 0 atom stereocenters. The van der Waals surface area contributed by atoms with Crippen LogP contribution < -0.4 is 4.90 Å². The third-order valence-corrected chi connectivity index (χ3v) is 11.8. The van der Waals surface area contributed by atoms with E-state index in [1.54, 1.807) is 0 Å². The van der Waals surface area contributed by atoms with Crippen molar-refractivity contribution in [3.05, 3.63) is 149 Å². The second kappa shape index (κ2) is 11.9. The second-order valence-corrected chi connectivity index (χ2v) is 14.7. The molecule has 1 heteroatoms. The van der Waals surface area contributed by atoms with Gasteiger partial charge in [-0.3, -0.25) is 0 Å². The van der Waals surface area contributed by atoms with E-state index in [9.17, 15) is 0 Å². The van der Waals surface area contributed by atoms with E-state index in [4.69, 9.17) is 0 Å². The van der Waals surface area contributed by atoms with E-state index in [-0.39, 0.29) is 10.8 Å². The van der Waals surface area contributed by atoms with E-state index in [1.165, 1.54) is 120 Å². The maximum Gasteiger partial charge on any atom is 0.0465 e. The maximum absolute atomic E-state index is 2.49. The standard InChI is InChI=1S/C45H47N/c1-44(2)42-19-11-10-18-40(42)41-29-28-39(32-43(41)44)46(37-24-20-34(21-25-37)33-14-6-3-7-15-33)38-26-22-36(23-27-38)45(30-12-5-13-31-45)35-16-8-4-9-17-35/h4,8-11,16-29,32-33H,3,5-7,12-15,30-31H2,1-2H3. The summed E-state index contributed by atoms with van der Waals surface area (Å²) in [7, 11) is 0. The van der Waals surface area contributed by atoms with E-state index in [0.717, 1.165) is 0 Å². The molecule has 5 aromatic rings. The minimum atomic E-state index is -0.0364. The fourth-order valence-electron chi connectivity index (χ4n) is 9.20. The monoisotopic (exact) mass is 601 g/mol. The van der Waals surface area contributed by atoms with Gasteiger partial charge in [0.25, 0.3) is 0 Å². The zero-order chi connectivity index (χ0) is 31.1. The maximum atomic E-state index is 2.49. The van der Waals surface area contributed by atoms with E-state index in [0.29, 0.717) is 5.92 Å². The molecule has 0 aromatic heterocycles. The summed E-state index contributed by atoms with van der Waals surface area (Å²) in [4.78, 5) is 2.49.